The minimum absolute atomic E-state index is 0.113. The minimum atomic E-state index is -0.641. The molecule has 0 radical (unpaired) electrons. The van der Waals surface area contributed by atoms with Crippen LogP contribution in [0.2, 0.25) is 0 Å². The molecule has 0 unspecified atom stereocenters. The van der Waals surface area contributed by atoms with Crippen LogP contribution < -0.4 is 4.74 Å². The van der Waals surface area contributed by atoms with E-state index < -0.39 is 16.9 Å². The van der Waals surface area contributed by atoms with E-state index in [1.54, 1.807) is 30.3 Å². The molecule has 1 aliphatic rings. The highest BCUT2D eigenvalue weighted by atomic mass is 16.6. The van der Waals surface area contributed by atoms with Crippen LogP contribution in [0, 0.1) is 17.0 Å². The maximum atomic E-state index is 12.2. The molecule has 158 valence electrons. The first kappa shape index (κ1) is 20.7. The summed E-state index contributed by atoms with van der Waals surface area (Å²) in [6.45, 7) is 1.94. The van der Waals surface area contributed by atoms with Gasteiger partial charge in [-0.25, -0.2) is 14.6 Å². The van der Waals surface area contributed by atoms with Crippen molar-refractivity contribution in [3.05, 3.63) is 111 Å². The SMILES string of the molecule is Cc1cccc(C2=N/C(=C/c3ccc(OC(=O)c4ccc([N+](=O)[O-])cc4)cc3)C(=O)O2)c1. The Hall–Kier alpha value is -4.59. The largest absolute Gasteiger partial charge is 0.423 e. The Morgan fingerprint density at radius 2 is 1.78 bits per heavy atom. The van der Waals surface area contributed by atoms with Gasteiger partial charge in [-0.1, -0.05) is 29.8 Å². The van der Waals surface area contributed by atoms with Crippen LogP contribution in [0.5, 0.6) is 5.75 Å². The fraction of sp³-hybridized carbons (Fsp3) is 0.0417. The van der Waals surface area contributed by atoms with Gasteiger partial charge in [0.25, 0.3) is 5.69 Å². The number of rotatable bonds is 5. The second-order valence-corrected chi connectivity index (χ2v) is 6.97. The number of hydrogen-bond acceptors (Lipinski definition) is 7. The number of carbonyl (C=O) groups excluding carboxylic acids is 2. The topological polar surface area (TPSA) is 108 Å². The molecule has 1 heterocycles. The van der Waals surface area contributed by atoms with E-state index in [0.717, 1.165) is 11.1 Å². The predicted octanol–water partition coefficient (Wildman–Crippen LogP) is 4.47. The zero-order valence-electron chi connectivity index (χ0n) is 16.8. The van der Waals surface area contributed by atoms with Crippen LogP contribution in [0.15, 0.2) is 83.5 Å². The average molecular weight is 428 g/mol. The summed E-state index contributed by atoms with van der Waals surface area (Å²) in [5.41, 5.74) is 2.65. The van der Waals surface area contributed by atoms with Crippen molar-refractivity contribution in [1.29, 1.82) is 0 Å². The maximum Gasteiger partial charge on any atom is 0.363 e. The number of carbonyl (C=O) groups is 2. The number of nitro groups is 1. The molecule has 8 heteroatoms. The first-order valence-electron chi connectivity index (χ1n) is 9.55. The quantitative estimate of drug-likeness (QED) is 0.195. The van der Waals surface area contributed by atoms with E-state index in [-0.39, 0.29) is 28.6 Å². The van der Waals surface area contributed by atoms with Crippen LogP contribution in [0.3, 0.4) is 0 Å². The number of aliphatic imine (C=N–C) groups is 1. The van der Waals surface area contributed by atoms with Gasteiger partial charge < -0.3 is 9.47 Å². The molecule has 0 spiro atoms. The standard InChI is InChI=1S/C24H16N2O6/c1-15-3-2-4-18(13-15)22-25-21(24(28)32-22)14-16-5-11-20(12-6-16)31-23(27)17-7-9-19(10-8-17)26(29)30/h2-14H,1H3/b21-14+. The van der Waals surface area contributed by atoms with Crippen molar-refractivity contribution >= 4 is 29.6 Å². The number of hydrogen-bond donors (Lipinski definition) is 0. The Balaban J connectivity index is 1.46. The molecule has 8 nitrogen and oxygen atoms in total. The van der Waals surface area contributed by atoms with E-state index in [1.165, 1.54) is 24.3 Å². The van der Waals surface area contributed by atoms with Crippen LogP contribution in [0.25, 0.3) is 6.08 Å². The lowest BCUT2D eigenvalue weighted by atomic mass is 10.1. The fourth-order valence-corrected chi connectivity index (χ4v) is 2.99. The van der Waals surface area contributed by atoms with Gasteiger partial charge in [0.1, 0.15) is 5.75 Å². The van der Waals surface area contributed by atoms with Crippen molar-refractivity contribution < 1.29 is 24.0 Å². The number of ether oxygens (including phenoxy) is 2. The molecule has 1 aliphatic heterocycles. The molecule has 0 atom stereocenters. The average Bonchev–Trinajstić information content (AvgIpc) is 3.15. The molecule has 4 rings (SSSR count). The summed E-state index contributed by atoms with van der Waals surface area (Å²) in [7, 11) is 0. The number of nitrogens with zero attached hydrogens (tertiary/aromatic N) is 2. The third-order valence-electron chi connectivity index (χ3n) is 4.59. The highest BCUT2D eigenvalue weighted by molar-refractivity contribution is 6.12. The normalized spacial score (nSPS) is 14.1. The van der Waals surface area contributed by atoms with Crippen molar-refractivity contribution in [2.75, 3.05) is 0 Å². The van der Waals surface area contributed by atoms with E-state index in [9.17, 15) is 19.7 Å². The number of aryl methyl sites for hydroxylation is 1. The monoisotopic (exact) mass is 428 g/mol. The van der Waals surface area contributed by atoms with Crippen molar-refractivity contribution in [2.24, 2.45) is 4.99 Å². The summed E-state index contributed by atoms with van der Waals surface area (Å²) in [4.78, 5) is 38.8. The predicted molar refractivity (Wildman–Crippen MR) is 116 cm³/mol. The van der Waals surface area contributed by atoms with Gasteiger partial charge in [0.2, 0.25) is 5.90 Å². The first-order chi connectivity index (χ1) is 15.4. The van der Waals surface area contributed by atoms with Crippen LogP contribution in [-0.4, -0.2) is 22.8 Å². The third-order valence-corrected chi connectivity index (χ3v) is 4.59. The van der Waals surface area contributed by atoms with Gasteiger partial charge in [0.15, 0.2) is 5.70 Å². The number of nitro benzene ring substituents is 1. The molecule has 32 heavy (non-hydrogen) atoms. The van der Waals surface area contributed by atoms with Crippen LogP contribution in [0.1, 0.15) is 27.0 Å². The van der Waals surface area contributed by atoms with Crippen molar-refractivity contribution in [2.45, 2.75) is 6.92 Å². The zero-order chi connectivity index (χ0) is 22.7. The van der Waals surface area contributed by atoms with Gasteiger partial charge >= 0.3 is 11.9 Å². The lowest BCUT2D eigenvalue weighted by Gasteiger charge is -2.04. The fourth-order valence-electron chi connectivity index (χ4n) is 2.99. The maximum absolute atomic E-state index is 12.2. The Kier molecular flexibility index (Phi) is 5.59. The Bertz CT molecular complexity index is 1270. The Labute approximate surface area is 182 Å². The molecular weight excluding hydrogens is 412 g/mol. The molecule has 0 saturated carbocycles. The van der Waals surface area contributed by atoms with Gasteiger partial charge in [-0.15, -0.1) is 0 Å². The van der Waals surface area contributed by atoms with E-state index in [0.29, 0.717) is 5.56 Å². The molecule has 0 N–H and O–H groups in total. The van der Waals surface area contributed by atoms with Gasteiger partial charge in [0.05, 0.1) is 10.5 Å². The lowest BCUT2D eigenvalue weighted by molar-refractivity contribution is -0.384. The summed E-state index contributed by atoms with van der Waals surface area (Å²) in [5, 5.41) is 10.7. The number of cyclic esters (lactones) is 1. The summed E-state index contributed by atoms with van der Waals surface area (Å²) >= 11 is 0. The molecule has 0 aromatic heterocycles. The number of benzene rings is 3. The number of esters is 2. The molecule has 0 aliphatic carbocycles. The number of non-ortho nitro benzene ring substituents is 1. The third kappa shape index (κ3) is 4.59. The van der Waals surface area contributed by atoms with Crippen molar-refractivity contribution in [1.82, 2.24) is 0 Å². The molecular formula is C24H16N2O6. The van der Waals surface area contributed by atoms with Gasteiger partial charge in [-0.3, -0.25) is 10.1 Å². The van der Waals surface area contributed by atoms with Gasteiger partial charge in [0, 0.05) is 17.7 Å². The van der Waals surface area contributed by atoms with E-state index in [4.69, 9.17) is 9.47 Å². The minimum Gasteiger partial charge on any atom is -0.423 e. The molecule has 0 saturated heterocycles. The Morgan fingerprint density at radius 1 is 1.06 bits per heavy atom. The highest BCUT2D eigenvalue weighted by Crippen LogP contribution is 2.22. The first-order valence-corrected chi connectivity index (χ1v) is 9.55. The summed E-state index contributed by atoms with van der Waals surface area (Å²) in [5.74, 6) is -0.653. The second-order valence-electron chi connectivity index (χ2n) is 6.97. The Morgan fingerprint density at radius 3 is 2.44 bits per heavy atom. The molecule has 3 aromatic rings. The van der Waals surface area contributed by atoms with Gasteiger partial charge in [-0.05, 0) is 55.0 Å². The highest BCUT2D eigenvalue weighted by Gasteiger charge is 2.24. The summed E-state index contributed by atoms with van der Waals surface area (Å²) in [6, 6.07) is 19.1. The zero-order valence-corrected chi connectivity index (χ0v) is 16.8. The van der Waals surface area contributed by atoms with Crippen LogP contribution in [0.4, 0.5) is 5.69 Å². The van der Waals surface area contributed by atoms with Crippen LogP contribution in [-0.2, 0) is 9.53 Å². The molecule has 0 fully saturated rings. The summed E-state index contributed by atoms with van der Waals surface area (Å²) < 4.78 is 10.6. The van der Waals surface area contributed by atoms with E-state index in [1.807, 2.05) is 31.2 Å². The van der Waals surface area contributed by atoms with E-state index in [2.05, 4.69) is 4.99 Å². The lowest BCUT2D eigenvalue weighted by Crippen LogP contribution is -2.08. The molecule has 0 bridgehead atoms. The van der Waals surface area contributed by atoms with Crippen molar-refractivity contribution in [3.8, 4) is 5.75 Å². The molecule has 3 aromatic carbocycles. The van der Waals surface area contributed by atoms with E-state index >= 15 is 0 Å². The van der Waals surface area contributed by atoms with Crippen molar-refractivity contribution in [3.63, 3.8) is 0 Å². The smallest absolute Gasteiger partial charge is 0.363 e. The van der Waals surface area contributed by atoms with Gasteiger partial charge in [-0.2, -0.15) is 0 Å². The molecule has 0 amide bonds. The van der Waals surface area contributed by atoms with Crippen LogP contribution >= 0.6 is 0 Å². The second kappa shape index (κ2) is 8.65. The summed E-state index contributed by atoms with van der Waals surface area (Å²) in [6.07, 6.45) is 1.58.